The second-order valence-electron chi connectivity index (χ2n) is 7.06. The molecule has 1 saturated heterocycles. The van der Waals surface area contributed by atoms with Crippen molar-refractivity contribution in [2.24, 2.45) is 4.99 Å². The van der Waals surface area contributed by atoms with Gasteiger partial charge in [0.25, 0.3) is 0 Å². The number of aliphatic hydroxyl groups is 1. The third kappa shape index (κ3) is 6.01. The van der Waals surface area contributed by atoms with Crippen LogP contribution in [0.25, 0.3) is 0 Å². The first-order valence-corrected chi connectivity index (χ1v) is 9.51. The predicted molar refractivity (Wildman–Crippen MR) is 105 cm³/mol. The van der Waals surface area contributed by atoms with E-state index in [4.69, 9.17) is 0 Å². The lowest BCUT2D eigenvalue weighted by atomic mass is 10.0. The number of hydrogen-bond acceptors (Lipinski definition) is 3. The summed E-state index contributed by atoms with van der Waals surface area (Å²) < 4.78 is 0. The van der Waals surface area contributed by atoms with Crippen molar-refractivity contribution in [2.45, 2.75) is 51.1 Å². The van der Waals surface area contributed by atoms with E-state index in [1.54, 1.807) is 7.05 Å². The summed E-state index contributed by atoms with van der Waals surface area (Å²) in [7, 11) is 1.79. The van der Waals surface area contributed by atoms with Gasteiger partial charge in [-0.15, -0.1) is 0 Å². The topological polar surface area (TPSA) is 59.9 Å². The molecule has 1 heterocycles. The number of aliphatic hydroxyl groups excluding tert-OH is 1. The molecule has 2 rings (SSSR count). The molecule has 1 aliphatic heterocycles. The summed E-state index contributed by atoms with van der Waals surface area (Å²) in [6.45, 7) is 7.46. The third-order valence-corrected chi connectivity index (χ3v) is 5.22. The summed E-state index contributed by atoms with van der Waals surface area (Å²) in [5.41, 5.74) is 1.14. The monoisotopic (exact) mass is 346 g/mol. The number of rotatable bonds is 7. The second kappa shape index (κ2) is 10.4. The fraction of sp³-hybridized carbons (Fsp3) is 0.650. The highest BCUT2D eigenvalue weighted by Gasteiger charge is 2.23. The first kappa shape index (κ1) is 19.7. The minimum Gasteiger partial charge on any atom is -0.396 e. The molecule has 3 atom stereocenters. The standard InChI is InChI=1S/C20H34N4O/c1-16-9-7-8-12-24(16)17(2)13-22-20(21-3)23-14-19(15-25)18-10-5-4-6-11-18/h4-6,10-11,16-17,19,25H,7-9,12-15H2,1-3H3,(H2,21,22,23). The first-order valence-electron chi connectivity index (χ1n) is 9.51. The van der Waals surface area contributed by atoms with Gasteiger partial charge >= 0.3 is 0 Å². The van der Waals surface area contributed by atoms with Crippen molar-refractivity contribution in [1.82, 2.24) is 15.5 Å². The number of nitrogens with zero attached hydrogens (tertiary/aromatic N) is 2. The number of nitrogens with one attached hydrogen (secondary N) is 2. The molecule has 1 aromatic carbocycles. The molecule has 5 nitrogen and oxygen atoms in total. The molecular weight excluding hydrogens is 312 g/mol. The smallest absolute Gasteiger partial charge is 0.191 e. The van der Waals surface area contributed by atoms with E-state index in [-0.39, 0.29) is 12.5 Å². The second-order valence-corrected chi connectivity index (χ2v) is 7.06. The SMILES string of the molecule is CN=C(NCC(CO)c1ccccc1)NCC(C)N1CCCCC1C. The van der Waals surface area contributed by atoms with Crippen LogP contribution in [0.1, 0.15) is 44.6 Å². The van der Waals surface area contributed by atoms with Gasteiger partial charge in [0.05, 0.1) is 6.61 Å². The van der Waals surface area contributed by atoms with Gasteiger partial charge in [-0.3, -0.25) is 9.89 Å². The Labute approximate surface area is 152 Å². The van der Waals surface area contributed by atoms with Crippen LogP contribution in [-0.4, -0.2) is 61.3 Å². The van der Waals surface area contributed by atoms with E-state index in [0.29, 0.717) is 18.6 Å². The lowest BCUT2D eigenvalue weighted by molar-refractivity contribution is 0.115. The zero-order chi connectivity index (χ0) is 18.1. The summed E-state index contributed by atoms with van der Waals surface area (Å²) in [5, 5.41) is 16.5. The average molecular weight is 347 g/mol. The van der Waals surface area contributed by atoms with Gasteiger partial charge in [0, 0.05) is 38.1 Å². The summed E-state index contributed by atoms with van der Waals surface area (Å²) in [6.07, 6.45) is 3.95. The van der Waals surface area contributed by atoms with Gasteiger partial charge < -0.3 is 15.7 Å². The molecule has 25 heavy (non-hydrogen) atoms. The van der Waals surface area contributed by atoms with E-state index in [2.05, 4.69) is 46.5 Å². The van der Waals surface area contributed by atoms with Crippen LogP contribution in [0.5, 0.6) is 0 Å². The van der Waals surface area contributed by atoms with E-state index in [1.165, 1.54) is 25.8 Å². The maximum Gasteiger partial charge on any atom is 0.191 e. The number of guanidine groups is 1. The van der Waals surface area contributed by atoms with Crippen molar-refractivity contribution in [3.8, 4) is 0 Å². The molecule has 1 aromatic rings. The summed E-state index contributed by atoms with van der Waals surface area (Å²) >= 11 is 0. The Bertz CT molecular complexity index is 520. The van der Waals surface area contributed by atoms with Crippen LogP contribution in [0.2, 0.25) is 0 Å². The van der Waals surface area contributed by atoms with Crippen molar-refractivity contribution in [3.05, 3.63) is 35.9 Å². The van der Waals surface area contributed by atoms with E-state index in [0.717, 1.165) is 18.1 Å². The zero-order valence-electron chi connectivity index (χ0n) is 15.9. The van der Waals surface area contributed by atoms with Crippen LogP contribution in [0.4, 0.5) is 0 Å². The minimum absolute atomic E-state index is 0.0688. The van der Waals surface area contributed by atoms with Crippen molar-refractivity contribution in [3.63, 3.8) is 0 Å². The van der Waals surface area contributed by atoms with Crippen molar-refractivity contribution in [1.29, 1.82) is 0 Å². The van der Waals surface area contributed by atoms with E-state index >= 15 is 0 Å². The van der Waals surface area contributed by atoms with E-state index in [1.807, 2.05) is 18.2 Å². The van der Waals surface area contributed by atoms with E-state index in [9.17, 15) is 5.11 Å². The Morgan fingerprint density at radius 2 is 1.96 bits per heavy atom. The Hall–Kier alpha value is -1.59. The van der Waals surface area contributed by atoms with Crippen molar-refractivity contribution < 1.29 is 5.11 Å². The molecule has 0 radical (unpaired) electrons. The third-order valence-electron chi connectivity index (χ3n) is 5.22. The molecule has 5 heteroatoms. The number of piperidine rings is 1. The molecule has 0 bridgehead atoms. The molecule has 0 amide bonds. The lowest BCUT2D eigenvalue weighted by Crippen LogP contribution is -2.50. The Balaban J connectivity index is 1.80. The molecule has 1 fully saturated rings. The Morgan fingerprint density at radius 1 is 1.24 bits per heavy atom. The number of hydrogen-bond donors (Lipinski definition) is 3. The largest absolute Gasteiger partial charge is 0.396 e. The van der Waals surface area contributed by atoms with Gasteiger partial charge in [0.2, 0.25) is 0 Å². The van der Waals surface area contributed by atoms with Crippen LogP contribution in [-0.2, 0) is 0 Å². The van der Waals surface area contributed by atoms with Gasteiger partial charge in [-0.25, -0.2) is 0 Å². The van der Waals surface area contributed by atoms with Crippen LogP contribution in [0.15, 0.2) is 35.3 Å². The van der Waals surface area contributed by atoms with Crippen LogP contribution >= 0.6 is 0 Å². The van der Waals surface area contributed by atoms with Crippen LogP contribution in [0, 0.1) is 0 Å². The first-order chi connectivity index (χ1) is 12.2. The normalized spacial score (nSPS) is 21.6. The molecule has 3 N–H and O–H groups in total. The molecular formula is C20H34N4O. The highest BCUT2D eigenvalue weighted by molar-refractivity contribution is 5.79. The number of likely N-dealkylation sites (tertiary alicyclic amines) is 1. The molecule has 3 unspecified atom stereocenters. The highest BCUT2D eigenvalue weighted by Crippen LogP contribution is 2.18. The van der Waals surface area contributed by atoms with Gasteiger partial charge in [-0.1, -0.05) is 36.8 Å². The van der Waals surface area contributed by atoms with Gasteiger partial charge in [-0.05, 0) is 38.8 Å². The Kier molecular flexibility index (Phi) is 8.22. The molecule has 0 spiro atoms. The average Bonchev–Trinajstić information content (AvgIpc) is 2.65. The number of aliphatic imine (C=N–C) groups is 1. The highest BCUT2D eigenvalue weighted by atomic mass is 16.3. The fourth-order valence-electron chi connectivity index (χ4n) is 3.59. The van der Waals surface area contributed by atoms with Crippen LogP contribution < -0.4 is 10.6 Å². The Morgan fingerprint density at radius 3 is 2.60 bits per heavy atom. The summed E-state index contributed by atoms with van der Waals surface area (Å²) in [5.74, 6) is 0.866. The molecule has 1 aliphatic rings. The fourth-order valence-corrected chi connectivity index (χ4v) is 3.59. The summed E-state index contributed by atoms with van der Waals surface area (Å²) in [4.78, 5) is 6.91. The van der Waals surface area contributed by atoms with Crippen LogP contribution in [0.3, 0.4) is 0 Å². The molecule has 0 aliphatic carbocycles. The maximum atomic E-state index is 9.68. The molecule has 0 aromatic heterocycles. The van der Waals surface area contributed by atoms with Crippen molar-refractivity contribution >= 4 is 5.96 Å². The molecule has 0 saturated carbocycles. The zero-order valence-corrected chi connectivity index (χ0v) is 15.9. The quantitative estimate of drug-likeness (QED) is 0.523. The van der Waals surface area contributed by atoms with Gasteiger partial charge in [0.15, 0.2) is 5.96 Å². The summed E-state index contributed by atoms with van der Waals surface area (Å²) in [6, 6.07) is 11.3. The van der Waals surface area contributed by atoms with Gasteiger partial charge in [0.1, 0.15) is 0 Å². The van der Waals surface area contributed by atoms with E-state index < -0.39 is 0 Å². The number of benzene rings is 1. The van der Waals surface area contributed by atoms with Gasteiger partial charge in [-0.2, -0.15) is 0 Å². The predicted octanol–water partition coefficient (Wildman–Crippen LogP) is 2.19. The van der Waals surface area contributed by atoms with Crippen molar-refractivity contribution in [2.75, 3.05) is 33.3 Å². The maximum absolute atomic E-state index is 9.68. The minimum atomic E-state index is 0.0688. The lowest BCUT2D eigenvalue weighted by Gasteiger charge is -2.38. The molecule has 140 valence electrons.